The second kappa shape index (κ2) is 14.0. The van der Waals surface area contributed by atoms with Crippen molar-refractivity contribution in [3.63, 3.8) is 0 Å². The van der Waals surface area contributed by atoms with Crippen LogP contribution in [0.4, 0.5) is 4.39 Å². The molecule has 3 aromatic carbocycles. The van der Waals surface area contributed by atoms with Gasteiger partial charge in [-0.15, -0.1) is 0 Å². The van der Waals surface area contributed by atoms with Gasteiger partial charge in [0.25, 0.3) is 0 Å². The summed E-state index contributed by atoms with van der Waals surface area (Å²) < 4.78 is 13.0. The monoisotopic (exact) mass is 486 g/mol. The summed E-state index contributed by atoms with van der Waals surface area (Å²) in [6.45, 7) is 16.7. The van der Waals surface area contributed by atoms with E-state index in [1.54, 1.807) is 12.1 Å². The molecule has 186 valence electrons. The number of halogens is 2. The standard InChI is InChI=1S/C11H15FO.C10H13Cl.C9H12O/c1-4-8-5-11(13)10(12)6-9(8)7(2)3;1-7(2)9-5-4-8(3)10(11)6-9;1-7(2)8-3-5-9(10)6-4-8/h5-7,13H,4H2,1-3H3;4-7H,1-3H3;3-7,10H,1-2H3. The number of hydrogen-bond donors (Lipinski definition) is 2. The Kier molecular flexibility index (Phi) is 12.2. The third kappa shape index (κ3) is 9.38. The van der Waals surface area contributed by atoms with Gasteiger partial charge in [-0.25, -0.2) is 4.39 Å². The van der Waals surface area contributed by atoms with E-state index in [9.17, 15) is 4.39 Å². The van der Waals surface area contributed by atoms with Crippen LogP contribution < -0.4 is 0 Å². The lowest BCUT2D eigenvalue weighted by molar-refractivity contribution is 0.430. The molecule has 3 aromatic rings. The summed E-state index contributed by atoms with van der Waals surface area (Å²) in [4.78, 5) is 0. The van der Waals surface area contributed by atoms with Crippen molar-refractivity contribution >= 4 is 11.6 Å². The van der Waals surface area contributed by atoms with Crippen molar-refractivity contribution in [2.45, 2.75) is 79.6 Å². The van der Waals surface area contributed by atoms with Gasteiger partial charge >= 0.3 is 0 Å². The first-order chi connectivity index (χ1) is 15.9. The lowest BCUT2D eigenvalue weighted by atomic mass is 9.95. The Bertz CT molecular complexity index is 1020. The summed E-state index contributed by atoms with van der Waals surface area (Å²) in [6.07, 6.45) is 0.821. The maximum atomic E-state index is 13.0. The van der Waals surface area contributed by atoms with E-state index >= 15 is 0 Å². The molecule has 0 saturated carbocycles. The van der Waals surface area contributed by atoms with Crippen LogP contribution in [0.3, 0.4) is 0 Å². The van der Waals surface area contributed by atoms with E-state index < -0.39 is 5.82 Å². The zero-order chi connectivity index (χ0) is 26.0. The number of phenolic OH excluding ortho intramolecular Hbond substituents is 2. The van der Waals surface area contributed by atoms with Gasteiger partial charge in [0.1, 0.15) is 5.75 Å². The first kappa shape index (κ1) is 29.5. The number of benzene rings is 3. The Labute approximate surface area is 210 Å². The average molecular weight is 487 g/mol. The van der Waals surface area contributed by atoms with Crippen LogP contribution in [0.2, 0.25) is 5.02 Å². The molecule has 2 N–H and O–H groups in total. The number of hydrogen-bond acceptors (Lipinski definition) is 2. The Balaban J connectivity index is 0.000000257. The van der Waals surface area contributed by atoms with Crippen LogP contribution in [0.15, 0.2) is 54.6 Å². The van der Waals surface area contributed by atoms with Crippen LogP contribution in [0.5, 0.6) is 11.5 Å². The second-order valence-electron chi connectivity index (χ2n) is 9.42. The van der Waals surface area contributed by atoms with Crippen molar-refractivity contribution in [2.75, 3.05) is 0 Å². The third-order valence-electron chi connectivity index (χ3n) is 5.63. The molecule has 0 radical (unpaired) electrons. The SMILES string of the molecule is CC(C)c1ccc(O)cc1.CCc1cc(O)c(F)cc1C(C)C.Cc1ccc(C(C)C)cc1Cl. The number of rotatable bonds is 4. The first-order valence-electron chi connectivity index (χ1n) is 11.9. The molecular formula is C30H40ClFO2. The quantitative estimate of drug-likeness (QED) is 0.385. The molecule has 0 aliphatic carbocycles. The van der Waals surface area contributed by atoms with Crippen molar-refractivity contribution in [3.05, 3.63) is 93.3 Å². The second-order valence-corrected chi connectivity index (χ2v) is 9.83. The maximum absolute atomic E-state index is 13.0. The highest BCUT2D eigenvalue weighted by Crippen LogP contribution is 2.27. The Hall–Kier alpha value is -2.52. The van der Waals surface area contributed by atoms with Gasteiger partial charge in [-0.05, 0) is 89.2 Å². The van der Waals surface area contributed by atoms with Gasteiger partial charge in [0.05, 0.1) is 0 Å². The first-order valence-corrected chi connectivity index (χ1v) is 12.3. The van der Waals surface area contributed by atoms with E-state index in [2.05, 4.69) is 39.8 Å². The predicted molar refractivity (Wildman–Crippen MR) is 144 cm³/mol. The smallest absolute Gasteiger partial charge is 0.165 e. The predicted octanol–water partition coefficient (Wildman–Crippen LogP) is 9.50. The molecule has 0 aromatic heterocycles. The summed E-state index contributed by atoms with van der Waals surface area (Å²) in [5.74, 6) is 0.963. The lowest BCUT2D eigenvalue weighted by Gasteiger charge is -2.12. The van der Waals surface area contributed by atoms with Gasteiger partial charge in [-0.3, -0.25) is 0 Å². The molecule has 0 saturated heterocycles. The Morgan fingerprint density at radius 1 is 0.765 bits per heavy atom. The fourth-order valence-corrected chi connectivity index (χ4v) is 3.48. The van der Waals surface area contributed by atoms with E-state index in [1.807, 2.05) is 45.9 Å². The Morgan fingerprint density at radius 2 is 1.29 bits per heavy atom. The summed E-state index contributed by atoms with van der Waals surface area (Å²) >= 11 is 5.96. The highest BCUT2D eigenvalue weighted by atomic mass is 35.5. The molecule has 0 heterocycles. The fourth-order valence-electron chi connectivity index (χ4n) is 3.29. The topological polar surface area (TPSA) is 40.5 Å². The largest absolute Gasteiger partial charge is 0.508 e. The van der Waals surface area contributed by atoms with E-state index in [-0.39, 0.29) is 5.75 Å². The molecule has 0 fully saturated rings. The van der Waals surface area contributed by atoms with E-state index in [0.717, 1.165) is 28.1 Å². The van der Waals surface area contributed by atoms with Crippen molar-refractivity contribution in [1.29, 1.82) is 0 Å². The van der Waals surface area contributed by atoms with Crippen LogP contribution in [-0.2, 0) is 6.42 Å². The zero-order valence-electron chi connectivity index (χ0n) is 21.8. The van der Waals surface area contributed by atoms with Gasteiger partial charge in [-0.1, -0.05) is 84.3 Å². The molecule has 0 unspecified atom stereocenters. The van der Waals surface area contributed by atoms with Crippen LogP contribution in [0.1, 0.15) is 94.0 Å². The number of aromatic hydroxyl groups is 2. The minimum atomic E-state index is -0.527. The molecule has 0 bridgehead atoms. The third-order valence-corrected chi connectivity index (χ3v) is 6.04. The van der Waals surface area contributed by atoms with Crippen molar-refractivity contribution < 1.29 is 14.6 Å². The number of phenols is 2. The molecule has 0 atom stereocenters. The van der Waals surface area contributed by atoms with Gasteiger partial charge in [-0.2, -0.15) is 0 Å². The average Bonchev–Trinajstić information content (AvgIpc) is 2.78. The summed E-state index contributed by atoms with van der Waals surface area (Å²) in [5.41, 5.74) is 5.72. The van der Waals surface area contributed by atoms with Crippen LogP contribution in [-0.4, -0.2) is 10.2 Å². The summed E-state index contributed by atoms with van der Waals surface area (Å²) in [5, 5.41) is 19.0. The zero-order valence-corrected chi connectivity index (χ0v) is 22.5. The normalized spacial score (nSPS) is 10.6. The molecule has 34 heavy (non-hydrogen) atoms. The minimum absolute atomic E-state index is 0.249. The van der Waals surface area contributed by atoms with Crippen molar-refractivity contribution in [1.82, 2.24) is 0 Å². The molecule has 2 nitrogen and oxygen atoms in total. The van der Waals surface area contributed by atoms with Crippen molar-refractivity contribution in [2.24, 2.45) is 0 Å². The molecule has 3 rings (SSSR count). The molecule has 0 amide bonds. The van der Waals surface area contributed by atoms with E-state index in [1.165, 1.54) is 23.3 Å². The molecule has 0 aliphatic heterocycles. The van der Waals surface area contributed by atoms with Gasteiger partial charge in [0.2, 0.25) is 0 Å². The highest BCUT2D eigenvalue weighted by Gasteiger charge is 2.10. The van der Waals surface area contributed by atoms with E-state index in [4.69, 9.17) is 21.8 Å². The number of aryl methyl sites for hydroxylation is 2. The summed E-state index contributed by atoms with van der Waals surface area (Å²) in [6, 6.07) is 16.5. The van der Waals surface area contributed by atoms with Crippen LogP contribution in [0.25, 0.3) is 0 Å². The van der Waals surface area contributed by atoms with E-state index in [0.29, 0.717) is 23.5 Å². The molecular weight excluding hydrogens is 447 g/mol. The van der Waals surface area contributed by atoms with Gasteiger partial charge < -0.3 is 10.2 Å². The van der Waals surface area contributed by atoms with Gasteiger partial charge in [0, 0.05) is 5.02 Å². The summed E-state index contributed by atoms with van der Waals surface area (Å²) in [7, 11) is 0. The maximum Gasteiger partial charge on any atom is 0.165 e. The Morgan fingerprint density at radius 3 is 1.74 bits per heavy atom. The van der Waals surface area contributed by atoms with Crippen LogP contribution >= 0.6 is 11.6 Å². The highest BCUT2D eigenvalue weighted by molar-refractivity contribution is 6.31. The fraction of sp³-hybridized carbons (Fsp3) is 0.400. The van der Waals surface area contributed by atoms with Crippen LogP contribution in [0, 0.1) is 12.7 Å². The molecule has 0 spiro atoms. The van der Waals surface area contributed by atoms with Crippen molar-refractivity contribution in [3.8, 4) is 11.5 Å². The molecule has 0 aliphatic rings. The minimum Gasteiger partial charge on any atom is -0.508 e. The lowest BCUT2D eigenvalue weighted by Crippen LogP contribution is -1.96. The van der Waals surface area contributed by atoms with Gasteiger partial charge in [0.15, 0.2) is 11.6 Å². The molecule has 4 heteroatoms.